The summed E-state index contributed by atoms with van der Waals surface area (Å²) < 4.78 is 5.88. The molecule has 0 bridgehead atoms. The molecule has 1 aliphatic heterocycles. The number of rotatable bonds is 7. The Morgan fingerprint density at radius 3 is 2.68 bits per heavy atom. The van der Waals surface area contributed by atoms with Gasteiger partial charge in [0.05, 0.1) is 17.3 Å². The summed E-state index contributed by atoms with van der Waals surface area (Å²) in [6.45, 7) is 3.69. The molecule has 0 radical (unpaired) electrons. The number of hydrogen-bond acceptors (Lipinski definition) is 5. The Hall–Kier alpha value is -2.38. The molecule has 0 amide bonds. The minimum Gasteiger partial charge on any atom is -0.439 e. The number of ether oxygens (including phenoxy) is 1. The summed E-state index contributed by atoms with van der Waals surface area (Å²) in [6.07, 6.45) is 2.20. The quantitative estimate of drug-likeness (QED) is 0.287. The van der Waals surface area contributed by atoms with Crippen molar-refractivity contribution in [2.75, 3.05) is 5.88 Å². The average molecular weight is 482 g/mol. The zero-order chi connectivity index (χ0) is 22.5. The van der Waals surface area contributed by atoms with Crippen LogP contribution in [0.25, 0.3) is 0 Å². The number of nitrogens with zero attached hydrogens (tertiary/aromatic N) is 2. The number of aryl methyl sites for hydroxylation is 1. The molecule has 31 heavy (non-hydrogen) atoms. The van der Waals surface area contributed by atoms with Crippen LogP contribution in [0.2, 0.25) is 10.0 Å². The molecule has 4 N–H and O–H groups in total. The number of hydroxylamine groups is 1. The second-order valence-corrected chi connectivity index (χ2v) is 8.29. The number of amidine groups is 1. The van der Waals surface area contributed by atoms with Gasteiger partial charge in [0.2, 0.25) is 5.88 Å². The number of benzene rings is 2. The SMILES string of the molecule is CC1=CC(C(N)=N[C@@H](CCl)Cc2ccc(C)cc2Cl)=C(Oc2cccc(Cl)c2)NN1O. The standard InChI is InChI=1S/C22H23Cl3N4O2/c1-13-6-7-15(20(25)8-13)10-17(12-23)27-21(26)19-9-14(2)29(30)28-22(19)31-18-5-3-4-16(24)11-18/h3-9,11,17,28,30H,10,12H2,1-2H3,(H2,26,27)/t17-/m1/s1. The molecule has 0 aliphatic carbocycles. The van der Waals surface area contributed by atoms with Gasteiger partial charge in [-0.2, -0.15) is 5.17 Å². The molecule has 1 heterocycles. The Labute approximate surface area is 196 Å². The van der Waals surface area contributed by atoms with Gasteiger partial charge in [-0.3, -0.25) is 10.2 Å². The van der Waals surface area contributed by atoms with Crippen molar-refractivity contribution >= 4 is 40.6 Å². The summed E-state index contributed by atoms with van der Waals surface area (Å²) in [5.41, 5.74) is 12.1. The first kappa shape index (κ1) is 23.3. The number of alkyl halides is 1. The molecule has 2 aromatic rings. The maximum Gasteiger partial charge on any atom is 0.224 e. The van der Waals surface area contributed by atoms with Gasteiger partial charge < -0.3 is 10.5 Å². The number of nitrogens with two attached hydrogens (primary N) is 1. The summed E-state index contributed by atoms with van der Waals surface area (Å²) in [5.74, 6) is 1.15. The predicted octanol–water partition coefficient (Wildman–Crippen LogP) is 5.21. The number of aliphatic imine (C=N–C) groups is 1. The van der Waals surface area contributed by atoms with Crippen molar-refractivity contribution in [1.82, 2.24) is 10.6 Å². The van der Waals surface area contributed by atoms with Crippen LogP contribution in [0.5, 0.6) is 5.75 Å². The average Bonchev–Trinajstić information content (AvgIpc) is 2.71. The van der Waals surface area contributed by atoms with Crippen LogP contribution >= 0.6 is 34.8 Å². The van der Waals surface area contributed by atoms with Crippen molar-refractivity contribution in [1.29, 1.82) is 0 Å². The highest BCUT2D eigenvalue weighted by molar-refractivity contribution is 6.31. The van der Waals surface area contributed by atoms with Gasteiger partial charge in [-0.15, -0.1) is 11.6 Å². The largest absolute Gasteiger partial charge is 0.439 e. The Balaban J connectivity index is 1.91. The molecule has 0 aromatic heterocycles. The number of hydrazine groups is 1. The summed E-state index contributed by atoms with van der Waals surface area (Å²) >= 11 is 18.6. The number of allylic oxidation sites excluding steroid dienone is 1. The van der Waals surface area contributed by atoms with Gasteiger partial charge in [-0.25, -0.2) is 5.43 Å². The summed E-state index contributed by atoms with van der Waals surface area (Å²) in [6, 6.07) is 12.4. The highest BCUT2D eigenvalue weighted by atomic mass is 35.5. The Morgan fingerprint density at radius 1 is 1.23 bits per heavy atom. The maximum absolute atomic E-state index is 10.1. The van der Waals surface area contributed by atoms with Gasteiger partial charge in [-0.1, -0.05) is 41.4 Å². The highest BCUT2D eigenvalue weighted by Crippen LogP contribution is 2.24. The summed E-state index contributed by atoms with van der Waals surface area (Å²) in [7, 11) is 0. The van der Waals surface area contributed by atoms with Gasteiger partial charge in [0, 0.05) is 15.9 Å². The van der Waals surface area contributed by atoms with E-state index in [9.17, 15) is 5.21 Å². The van der Waals surface area contributed by atoms with Crippen molar-refractivity contribution in [3.05, 3.63) is 86.9 Å². The van der Waals surface area contributed by atoms with E-state index in [1.165, 1.54) is 0 Å². The second-order valence-electron chi connectivity index (χ2n) is 7.13. The molecule has 6 nitrogen and oxygen atoms in total. The highest BCUT2D eigenvalue weighted by Gasteiger charge is 2.22. The lowest BCUT2D eigenvalue weighted by Gasteiger charge is -2.27. The van der Waals surface area contributed by atoms with Crippen LogP contribution in [0.3, 0.4) is 0 Å². The summed E-state index contributed by atoms with van der Waals surface area (Å²) in [5, 5.41) is 12.1. The zero-order valence-electron chi connectivity index (χ0n) is 17.1. The smallest absolute Gasteiger partial charge is 0.224 e. The lowest BCUT2D eigenvalue weighted by atomic mass is 10.1. The van der Waals surface area contributed by atoms with Crippen LogP contribution in [-0.2, 0) is 6.42 Å². The third kappa shape index (κ3) is 6.08. The molecular formula is C22H23Cl3N4O2. The fourth-order valence-corrected chi connectivity index (χ4v) is 3.64. The van der Waals surface area contributed by atoms with Gasteiger partial charge >= 0.3 is 0 Å². The van der Waals surface area contributed by atoms with Crippen molar-refractivity contribution in [2.24, 2.45) is 10.7 Å². The summed E-state index contributed by atoms with van der Waals surface area (Å²) in [4.78, 5) is 4.60. The van der Waals surface area contributed by atoms with Crippen molar-refractivity contribution in [3.63, 3.8) is 0 Å². The van der Waals surface area contributed by atoms with E-state index in [2.05, 4.69) is 10.4 Å². The molecular weight excluding hydrogens is 459 g/mol. The third-order valence-corrected chi connectivity index (χ3v) is 5.54. The molecule has 2 aromatic carbocycles. The topological polar surface area (TPSA) is 83.1 Å². The van der Waals surface area contributed by atoms with E-state index in [4.69, 9.17) is 45.3 Å². The van der Waals surface area contributed by atoms with Crippen LogP contribution in [-0.4, -0.2) is 28.1 Å². The van der Waals surface area contributed by atoms with E-state index < -0.39 is 0 Å². The number of nitrogens with one attached hydrogen (secondary N) is 1. The minimum atomic E-state index is -0.303. The minimum absolute atomic E-state index is 0.207. The molecule has 1 aliphatic rings. The van der Waals surface area contributed by atoms with Crippen molar-refractivity contribution in [2.45, 2.75) is 26.3 Å². The monoisotopic (exact) mass is 480 g/mol. The van der Waals surface area contributed by atoms with E-state index >= 15 is 0 Å². The Kier molecular flexibility index (Phi) is 7.73. The van der Waals surface area contributed by atoms with E-state index in [1.54, 1.807) is 37.3 Å². The molecule has 164 valence electrons. The van der Waals surface area contributed by atoms with Crippen LogP contribution in [0.1, 0.15) is 18.1 Å². The maximum atomic E-state index is 10.1. The van der Waals surface area contributed by atoms with Crippen LogP contribution in [0, 0.1) is 6.92 Å². The second kappa shape index (κ2) is 10.3. The van der Waals surface area contributed by atoms with E-state index in [0.717, 1.165) is 16.3 Å². The van der Waals surface area contributed by atoms with Crippen molar-refractivity contribution in [3.8, 4) is 5.75 Å². The molecule has 1 atom stereocenters. The molecule has 0 saturated heterocycles. The van der Waals surface area contributed by atoms with E-state index in [-0.39, 0.29) is 23.6 Å². The van der Waals surface area contributed by atoms with Crippen LogP contribution < -0.4 is 15.9 Å². The molecule has 9 heteroatoms. The molecule has 3 rings (SSSR count). The normalized spacial score (nSPS) is 15.5. The predicted molar refractivity (Wildman–Crippen MR) is 126 cm³/mol. The first-order chi connectivity index (χ1) is 14.8. The van der Waals surface area contributed by atoms with Crippen LogP contribution in [0.4, 0.5) is 0 Å². The molecule has 0 saturated carbocycles. The lowest BCUT2D eigenvalue weighted by molar-refractivity contribution is -0.103. The van der Waals surface area contributed by atoms with Gasteiger partial charge in [-0.05, 0) is 61.7 Å². The zero-order valence-corrected chi connectivity index (χ0v) is 19.3. The van der Waals surface area contributed by atoms with Gasteiger partial charge in [0.1, 0.15) is 11.6 Å². The Morgan fingerprint density at radius 2 is 2.00 bits per heavy atom. The van der Waals surface area contributed by atoms with Crippen LogP contribution in [0.15, 0.2) is 70.7 Å². The van der Waals surface area contributed by atoms with Crippen molar-refractivity contribution < 1.29 is 9.94 Å². The van der Waals surface area contributed by atoms with E-state index in [0.29, 0.717) is 33.5 Å². The first-order valence-electron chi connectivity index (χ1n) is 9.53. The van der Waals surface area contributed by atoms with E-state index in [1.807, 2.05) is 25.1 Å². The van der Waals surface area contributed by atoms with Gasteiger partial charge in [0.25, 0.3) is 0 Å². The van der Waals surface area contributed by atoms with Gasteiger partial charge in [0.15, 0.2) is 0 Å². The first-order valence-corrected chi connectivity index (χ1v) is 10.8. The number of hydrogen-bond donors (Lipinski definition) is 3. The molecule has 0 fully saturated rings. The Bertz CT molecular complexity index is 1050. The third-order valence-electron chi connectivity index (χ3n) is 4.60. The lowest BCUT2D eigenvalue weighted by Crippen LogP contribution is -2.40. The molecule has 0 spiro atoms. The number of halogens is 3. The fourth-order valence-electron chi connectivity index (χ4n) is 2.97. The molecule has 0 unspecified atom stereocenters. The fraction of sp³-hybridized carbons (Fsp3) is 0.227.